The molecular formula is C25H23FN2O2. The smallest absolute Gasteiger partial charge is 0.261 e. The van der Waals surface area contributed by atoms with Gasteiger partial charge in [-0.1, -0.05) is 24.3 Å². The maximum Gasteiger partial charge on any atom is 0.261 e. The van der Waals surface area contributed by atoms with Crippen LogP contribution >= 0.6 is 0 Å². The normalized spacial score (nSPS) is 13.0. The Morgan fingerprint density at radius 2 is 1.80 bits per heavy atom. The lowest BCUT2D eigenvalue weighted by Crippen LogP contribution is -2.36. The number of hydrogen-bond acceptors (Lipinski definition) is 2. The van der Waals surface area contributed by atoms with Crippen molar-refractivity contribution < 1.29 is 14.0 Å². The summed E-state index contributed by atoms with van der Waals surface area (Å²) < 4.78 is 14.1. The molecule has 4 rings (SSSR count). The Morgan fingerprint density at radius 3 is 2.60 bits per heavy atom. The molecule has 3 aromatic rings. The van der Waals surface area contributed by atoms with E-state index in [1.54, 1.807) is 29.2 Å². The average Bonchev–Trinajstić information content (AvgIpc) is 2.76. The number of halogens is 1. The quantitative estimate of drug-likeness (QED) is 0.647. The Labute approximate surface area is 175 Å². The number of nitrogens with one attached hydrogen (secondary N) is 1. The van der Waals surface area contributed by atoms with Crippen LogP contribution in [0.15, 0.2) is 60.7 Å². The van der Waals surface area contributed by atoms with Crippen LogP contribution in [0.5, 0.6) is 0 Å². The Balaban J connectivity index is 1.60. The van der Waals surface area contributed by atoms with E-state index in [4.69, 9.17) is 0 Å². The molecule has 5 heteroatoms. The SMILES string of the molecule is Cc1cccc(NC(=O)c2ccc3c(c2)CCCN3C(=O)c2ccccc2F)c1C. The van der Waals surface area contributed by atoms with Gasteiger partial charge >= 0.3 is 0 Å². The number of hydrogen-bond donors (Lipinski definition) is 1. The molecule has 30 heavy (non-hydrogen) atoms. The summed E-state index contributed by atoms with van der Waals surface area (Å²) in [6.45, 7) is 4.50. The molecule has 1 N–H and O–H groups in total. The van der Waals surface area contributed by atoms with Crippen LogP contribution in [0.3, 0.4) is 0 Å². The molecule has 0 bridgehead atoms. The number of carbonyl (C=O) groups is 2. The van der Waals surface area contributed by atoms with Gasteiger partial charge in [0.25, 0.3) is 11.8 Å². The van der Waals surface area contributed by atoms with E-state index in [0.29, 0.717) is 12.1 Å². The predicted molar refractivity (Wildman–Crippen MR) is 117 cm³/mol. The monoisotopic (exact) mass is 402 g/mol. The number of nitrogens with zero attached hydrogens (tertiary/aromatic N) is 1. The van der Waals surface area contributed by atoms with E-state index >= 15 is 0 Å². The zero-order valence-electron chi connectivity index (χ0n) is 17.0. The van der Waals surface area contributed by atoms with Crippen molar-refractivity contribution in [3.8, 4) is 0 Å². The Hall–Kier alpha value is -3.47. The molecule has 4 nitrogen and oxygen atoms in total. The molecular weight excluding hydrogens is 379 g/mol. The standard InChI is InChI=1S/C25H23FN2O2/c1-16-7-5-11-22(17(16)2)27-24(29)19-12-13-23-18(15-19)8-6-14-28(23)25(30)20-9-3-4-10-21(20)26/h3-5,7,9-13,15H,6,8,14H2,1-2H3,(H,27,29). The highest BCUT2D eigenvalue weighted by atomic mass is 19.1. The third-order valence-electron chi connectivity index (χ3n) is 5.66. The lowest BCUT2D eigenvalue weighted by atomic mass is 9.98. The van der Waals surface area contributed by atoms with Gasteiger partial charge < -0.3 is 10.2 Å². The molecule has 152 valence electrons. The summed E-state index contributed by atoms with van der Waals surface area (Å²) in [7, 11) is 0. The van der Waals surface area contributed by atoms with E-state index in [2.05, 4.69) is 5.32 Å². The zero-order valence-corrected chi connectivity index (χ0v) is 17.0. The second kappa shape index (κ2) is 8.11. The van der Waals surface area contributed by atoms with Gasteiger partial charge in [0.2, 0.25) is 0 Å². The summed E-state index contributed by atoms with van der Waals surface area (Å²) in [5, 5.41) is 2.97. The summed E-state index contributed by atoms with van der Waals surface area (Å²) in [6.07, 6.45) is 1.52. The van der Waals surface area contributed by atoms with E-state index < -0.39 is 5.82 Å². The minimum Gasteiger partial charge on any atom is -0.322 e. The maximum absolute atomic E-state index is 14.1. The van der Waals surface area contributed by atoms with E-state index in [1.165, 1.54) is 12.1 Å². The fourth-order valence-electron chi connectivity index (χ4n) is 3.81. The van der Waals surface area contributed by atoms with E-state index in [1.807, 2.05) is 38.1 Å². The molecule has 1 aliphatic rings. The number of fused-ring (bicyclic) bond motifs is 1. The Bertz CT molecular complexity index is 1140. The molecule has 0 unspecified atom stereocenters. The first kappa shape index (κ1) is 19.8. The lowest BCUT2D eigenvalue weighted by molar-refractivity contribution is 0.0980. The van der Waals surface area contributed by atoms with Gasteiger partial charge in [-0.05, 0) is 79.8 Å². The van der Waals surface area contributed by atoms with Crippen molar-refractivity contribution in [1.29, 1.82) is 0 Å². The van der Waals surface area contributed by atoms with Gasteiger partial charge in [-0.3, -0.25) is 9.59 Å². The van der Waals surface area contributed by atoms with Crippen LogP contribution in [0.25, 0.3) is 0 Å². The van der Waals surface area contributed by atoms with E-state index in [0.717, 1.165) is 40.9 Å². The summed E-state index contributed by atoms with van der Waals surface area (Å²) in [5.74, 6) is -1.08. The molecule has 0 aliphatic carbocycles. The highest BCUT2D eigenvalue weighted by molar-refractivity contribution is 6.08. The first-order chi connectivity index (χ1) is 14.5. The Kier molecular flexibility index (Phi) is 5.36. The van der Waals surface area contributed by atoms with Crippen LogP contribution in [-0.4, -0.2) is 18.4 Å². The number of amides is 2. The highest BCUT2D eigenvalue weighted by Gasteiger charge is 2.26. The first-order valence-electron chi connectivity index (χ1n) is 10.0. The summed E-state index contributed by atoms with van der Waals surface area (Å²) in [6, 6.07) is 17.1. The van der Waals surface area contributed by atoms with Gasteiger partial charge in [0.05, 0.1) is 5.56 Å². The number of aryl methyl sites for hydroxylation is 2. The zero-order chi connectivity index (χ0) is 21.3. The minimum absolute atomic E-state index is 0.0575. The number of benzene rings is 3. The number of anilines is 2. The molecule has 0 spiro atoms. The van der Waals surface area contributed by atoms with Crippen LogP contribution in [0, 0.1) is 19.7 Å². The van der Waals surface area contributed by atoms with Crippen molar-refractivity contribution in [2.24, 2.45) is 0 Å². The van der Waals surface area contributed by atoms with Crippen LogP contribution in [-0.2, 0) is 6.42 Å². The van der Waals surface area contributed by atoms with Gasteiger partial charge in [0, 0.05) is 23.5 Å². The third kappa shape index (κ3) is 3.71. The fourth-order valence-corrected chi connectivity index (χ4v) is 3.81. The van der Waals surface area contributed by atoms with Crippen LogP contribution < -0.4 is 10.2 Å². The van der Waals surface area contributed by atoms with Crippen LogP contribution in [0.4, 0.5) is 15.8 Å². The van der Waals surface area contributed by atoms with Crippen molar-refractivity contribution in [2.75, 3.05) is 16.8 Å². The fraction of sp³-hybridized carbons (Fsp3) is 0.200. The molecule has 0 fully saturated rings. The molecule has 0 saturated carbocycles. The van der Waals surface area contributed by atoms with Crippen LogP contribution in [0.1, 0.15) is 43.8 Å². The second-order valence-electron chi connectivity index (χ2n) is 7.59. The van der Waals surface area contributed by atoms with E-state index in [-0.39, 0.29) is 17.4 Å². The van der Waals surface area contributed by atoms with Crippen molar-refractivity contribution in [1.82, 2.24) is 0 Å². The lowest BCUT2D eigenvalue weighted by Gasteiger charge is -2.30. The van der Waals surface area contributed by atoms with Gasteiger partial charge in [0.15, 0.2) is 0 Å². The highest BCUT2D eigenvalue weighted by Crippen LogP contribution is 2.30. The first-order valence-corrected chi connectivity index (χ1v) is 10.0. The minimum atomic E-state index is -0.529. The number of carbonyl (C=O) groups excluding carboxylic acids is 2. The molecule has 3 aromatic carbocycles. The summed E-state index contributed by atoms with van der Waals surface area (Å²) >= 11 is 0. The van der Waals surface area contributed by atoms with Crippen molar-refractivity contribution in [3.63, 3.8) is 0 Å². The van der Waals surface area contributed by atoms with Crippen molar-refractivity contribution in [2.45, 2.75) is 26.7 Å². The molecule has 0 saturated heterocycles. The van der Waals surface area contributed by atoms with Gasteiger partial charge in [-0.25, -0.2) is 4.39 Å². The Morgan fingerprint density at radius 1 is 1.00 bits per heavy atom. The van der Waals surface area contributed by atoms with Gasteiger partial charge in [0.1, 0.15) is 5.82 Å². The molecule has 0 radical (unpaired) electrons. The van der Waals surface area contributed by atoms with Crippen molar-refractivity contribution >= 4 is 23.2 Å². The topological polar surface area (TPSA) is 49.4 Å². The van der Waals surface area contributed by atoms with E-state index in [9.17, 15) is 14.0 Å². The predicted octanol–water partition coefficient (Wildman–Crippen LogP) is 5.29. The molecule has 0 aromatic heterocycles. The summed E-state index contributed by atoms with van der Waals surface area (Å²) in [4.78, 5) is 27.3. The second-order valence-corrected chi connectivity index (χ2v) is 7.59. The largest absolute Gasteiger partial charge is 0.322 e. The molecule has 1 heterocycles. The molecule has 1 aliphatic heterocycles. The van der Waals surface area contributed by atoms with Gasteiger partial charge in [-0.2, -0.15) is 0 Å². The maximum atomic E-state index is 14.1. The van der Waals surface area contributed by atoms with Gasteiger partial charge in [-0.15, -0.1) is 0 Å². The number of rotatable bonds is 3. The third-order valence-corrected chi connectivity index (χ3v) is 5.66. The average molecular weight is 402 g/mol. The molecule has 0 atom stereocenters. The molecule has 2 amide bonds. The van der Waals surface area contributed by atoms with Crippen molar-refractivity contribution in [3.05, 3.63) is 94.3 Å². The van der Waals surface area contributed by atoms with Crippen LogP contribution in [0.2, 0.25) is 0 Å². The summed E-state index contributed by atoms with van der Waals surface area (Å²) in [5.41, 5.74) is 5.18.